The molecule has 1 saturated heterocycles. The van der Waals surface area contributed by atoms with Gasteiger partial charge < -0.3 is 10.6 Å². The lowest BCUT2D eigenvalue weighted by Crippen LogP contribution is -2.51. The smallest absolute Gasteiger partial charge is 0.227 e. The molecule has 116 valence electrons. The summed E-state index contributed by atoms with van der Waals surface area (Å²) in [6.45, 7) is 7.18. The van der Waals surface area contributed by atoms with Crippen LogP contribution >= 0.6 is 11.8 Å². The van der Waals surface area contributed by atoms with E-state index in [9.17, 15) is 4.79 Å². The van der Waals surface area contributed by atoms with Crippen LogP contribution in [0.3, 0.4) is 0 Å². The third-order valence-electron chi connectivity index (χ3n) is 5.78. The largest absolute Gasteiger partial charge is 0.354 e. The zero-order valence-corrected chi connectivity index (χ0v) is 14.1. The highest BCUT2D eigenvalue weighted by atomic mass is 32.2. The number of hydrogen-bond acceptors (Lipinski definition) is 3. The van der Waals surface area contributed by atoms with Crippen molar-refractivity contribution in [2.45, 2.75) is 57.1 Å². The Balaban J connectivity index is 2.00. The third-order valence-corrected chi connectivity index (χ3v) is 7.37. The van der Waals surface area contributed by atoms with Gasteiger partial charge in [-0.05, 0) is 44.4 Å². The van der Waals surface area contributed by atoms with Crippen molar-refractivity contribution in [3.8, 4) is 0 Å². The molecule has 3 nitrogen and oxygen atoms in total. The molecule has 2 N–H and O–H groups in total. The number of carbonyl (C=O) groups is 1. The number of fused-ring (bicyclic) bond motifs is 1. The van der Waals surface area contributed by atoms with E-state index in [1.807, 2.05) is 11.8 Å². The van der Waals surface area contributed by atoms with Crippen LogP contribution in [0.15, 0.2) is 0 Å². The lowest BCUT2D eigenvalue weighted by Gasteiger charge is -2.38. The molecular weight excluding hydrogens is 268 g/mol. The van der Waals surface area contributed by atoms with E-state index in [0.29, 0.717) is 11.8 Å². The molecule has 1 aliphatic heterocycles. The highest BCUT2D eigenvalue weighted by molar-refractivity contribution is 8.00. The summed E-state index contributed by atoms with van der Waals surface area (Å²) in [5.74, 6) is 0.871. The molecule has 0 radical (unpaired) electrons. The van der Waals surface area contributed by atoms with Crippen molar-refractivity contribution in [2.75, 3.05) is 25.9 Å². The van der Waals surface area contributed by atoms with E-state index < -0.39 is 0 Å². The van der Waals surface area contributed by atoms with Crippen LogP contribution < -0.4 is 10.6 Å². The third kappa shape index (κ3) is 2.87. The molecule has 2 aliphatic rings. The van der Waals surface area contributed by atoms with Crippen molar-refractivity contribution in [1.82, 2.24) is 10.6 Å². The summed E-state index contributed by atoms with van der Waals surface area (Å²) in [5, 5.41) is 6.77. The van der Waals surface area contributed by atoms with E-state index in [2.05, 4.69) is 30.7 Å². The molecule has 0 unspecified atom stereocenters. The fraction of sp³-hybridized carbons (Fsp3) is 0.938. The Morgan fingerprint density at radius 1 is 1.40 bits per heavy atom. The highest BCUT2D eigenvalue weighted by Crippen LogP contribution is 2.44. The standard InChI is InChI=1S/C16H30N2OS/c1-4-15(5-2,20-3)11-18-14(19)16-9-7-6-8-13(16)10-17-12-16/h13,17H,4-12H2,1-3H3,(H,18,19)/t13-,16+/m0/s1. The van der Waals surface area contributed by atoms with Crippen LogP contribution in [-0.4, -0.2) is 36.5 Å². The molecule has 1 amide bonds. The predicted molar refractivity (Wildman–Crippen MR) is 87.1 cm³/mol. The zero-order valence-electron chi connectivity index (χ0n) is 13.3. The van der Waals surface area contributed by atoms with Gasteiger partial charge in [0.2, 0.25) is 5.91 Å². The van der Waals surface area contributed by atoms with E-state index in [0.717, 1.165) is 38.9 Å². The number of hydrogen-bond donors (Lipinski definition) is 2. The Bertz CT molecular complexity index is 335. The second-order valence-electron chi connectivity index (χ2n) is 6.51. The van der Waals surface area contributed by atoms with Crippen LogP contribution in [0.1, 0.15) is 52.4 Å². The van der Waals surface area contributed by atoms with Crippen LogP contribution in [-0.2, 0) is 4.79 Å². The van der Waals surface area contributed by atoms with Crippen molar-refractivity contribution < 1.29 is 4.79 Å². The summed E-state index contributed by atoms with van der Waals surface area (Å²) in [6.07, 6.45) is 9.18. The fourth-order valence-electron chi connectivity index (χ4n) is 3.97. The van der Waals surface area contributed by atoms with Crippen LogP contribution in [0.5, 0.6) is 0 Å². The Labute approximate surface area is 128 Å². The van der Waals surface area contributed by atoms with E-state index in [-0.39, 0.29) is 10.2 Å². The van der Waals surface area contributed by atoms with Crippen LogP contribution in [0.4, 0.5) is 0 Å². The van der Waals surface area contributed by atoms with E-state index in [4.69, 9.17) is 0 Å². The molecule has 2 rings (SSSR count). The summed E-state index contributed by atoms with van der Waals surface area (Å²) in [5.41, 5.74) is -0.107. The minimum atomic E-state index is -0.107. The van der Waals surface area contributed by atoms with Crippen LogP contribution in [0, 0.1) is 11.3 Å². The summed E-state index contributed by atoms with van der Waals surface area (Å²) in [6, 6.07) is 0. The first-order chi connectivity index (χ1) is 9.62. The number of thioether (sulfide) groups is 1. The zero-order chi connectivity index (χ0) is 14.6. The number of amides is 1. The first-order valence-electron chi connectivity index (χ1n) is 8.16. The SMILES string of the molecule is CCC(CC)(CNC(=O)[C@@]12CCCC[C@H]1CNC2)SC. The minimum Gasteiger partial charge on any atom is -0.354 e. The molecule has 1 saturated carbocycles. The number of carbonyl (C=O) groups excluding carboxylic acids is 1. The molecule has 0 aromatic heterocycles. The van der Waals surface area contributed by atoms with Gasteiger partial charge >= 0.3 is 0 Å². The van der Waals surface area contributed by atoms with Crippen molar-refractivity contribution in [3.63, 3.8) is 0 Å². The van der Waals surface area contributed by atoms with E-state index in [1.54, 1.807) is 0 Å². The van der Waals surface area contributed by atoms with Crippen LogP contribution in [0.25, 0.3) is 0 Å². The number of nitrogens with one attached hydrogen (secondary N) is 2. The molecule has 2 atom stereocenters. The normalized spacial score (nSPS) is 30.1. The monoisotopic (exact) mass is 298 g/mol. The number of rotatable bonds is 6. The first-order valence-corrected chi connectivity index (χ1v) is 9.39. The summed E-state index contributed by atoms with van der Waals surface area (Å²) in [7, 11) is 0. The Morgan fingerprint density at radius 3 is 2.80 bits per heavy atom. The lowest BCUT2D eigenvalue weighted by molar-refractivity contribution is -0.134. The van der Waals surface area contributed by atoms with Gasteiger partial charge in [0.1, 0.15) is 0 Å². The topological polar surface area (TPSA) is 41.1 Å². The van der Waals surface area contributed by atoms with Crippen molar-refractivity contribution in [3.05, 3.63) is 0 Å². The summed E-state index contributed by atoms with van der Waals surface area (Å²) < 4.78 is 0.211. The Kier molecular flexibility index (Phi) is 5.41. The molecule has 1 aliphatic carbocycles. The van der Waals surface area contributed by atoms with Gasteiger partial charge in [-0.1, -0.05) is 26.7 Å². The van der Waals surface area contributed by atoms with Gasteiger partial charge in [-0.15, -0.1) is 0 Å². The first kappa shape index (κ1) is 16.2. The molecule has 1 heterocycles. The van der Waals surface area contributed by atoms with Gasteiger partial charge in [0.15, 0.2) is 0 Å². The second-order valence-corrected chi connectivity index (χ2v) is 7.78. The molecule has 2 fully saturated rings. The second kappa shape index (κ2) is 6.69. The molecule has 0 bridgehead atoms. The van der Waals surface area contributed by atoms with Gasteiger partial charge in [-0.2, -0.15) is 11.8 Å². The van der Waals surface area contributed by atoms with Gasteiger partial charge in [-0.25, -0.2) is 0 Å². The van der Waals surface area contributed by atoms with E-state index in [1.165, 1.54) is 19.3 Å². The summed E-state index contributed by atoms with van der Waals surface area (Å²) >= 11 is 1.90. The maximum absolute atomic E-state index is 12.8. The average Bonchev–Trinajstić information content (AvgIpc) is 2.94. The van der Waals surface area contributed by atoms with Crippen molar-refractivity contribution in [1.29, 1.82) is 0 Å². The average molecular weight is 298 g/mol. The molecule has 0 aromatic carbocycles. The van der Waals surface area contributed by atoms with Crippen molar-refractivity contribution >= 4 is 17.7 Å². The van der Waals surface area contributed by atoms with E-state index >= 15 is 0 Å². The lowest BCUT2D eigenvalue weighted by atomic mass is 9.67. The predicted octanol–water partition coefficient (Wildman–Crippen LogP) is 2.80. The fourth-order valence-corrected chi connectivity index (χ4v) is 4.76. The van der Waals surface area contributed by atoms with Crippen molar-refractivity contribution in [2.24, 2.45) is 11.3 Å². The van der Waals surface area contributed by atoms with Gasteiger partial charge in [0.25, 0.3) is 0 Å². The van der Waals surface area contributed by atoms with Crippen LogP contribution in [0.2, 0.25) is 0 Å². The highest BCUT2D eigenvalue weighted by Gasteiger charge is 2.49. The quantitative estimate of drug-likeness (QED) is 0.792. The van der Waals surface area contributed by atoms with Gasteiger partial charge in [0, 0.05) is 17.8 Å². The minimum absolute atomic E-state index is 0.107. The molecule has 20 heavy (non-hydrogen) atoms. The maximum Gasteiger partial charge on any atom is 0.227 e. The molecule has 0 spiro atoms. The molecular formula is C16H30N2OS. The maximum atomic E-state index is 12.8. The molecule has 0 aromatic rings. The van der Waals surface area contributed by atoms with Gasteiger partial charge in [-0.3, -0.25) is 4.79 Å². The Hall–Kier alpha value is -0.220. The summed E-state index contributed by atoms with van der Waals surface area (Å²) in [4.78, 5) is 12.8. The Morgan fingerprint density at radius 2 is 2.15 bits per heavy atom. The van der Waals surface area contributed by atoms with Gasteiger partial charge in [0.05, 0.1) is 5.41 Å². The molecule has 4 heteroatoms.